The zero-order chi connectivity index (χ0) is 15.8. The second-order valence-electron chi connectivity index (χ2n) is 4.66. The number of benzene rings is 1. The highest BCUT2D eigenvalue weighted by Gasteiger charge is 2.14. The van der Waals surface area contributed by atoms with Crippen molar-refractivity contribution in [1.29, 1.82) is 0 Å². The topological polar surface area (TPSA) is 109 Å². The van der Waals surface area contributed by atoms with Gasteiger partial charge in [0, 0.05) is 17.9 Å². The van der Waals surface area contributed by atoms with Crippen LogP contribution in [0, 0.1) is 5.92 Å². The molecule has 114 valence electrons. The lowest BCUT2D eigenvalue weighted by atomic mass is 10.1. The van der Waals surface area contributed by atoms with E-state index in [1.165, 1.54) is 11.8 Å². The Hall–Kier alpha value is -2.02. The summed E-state index contributed by atoms with van der Waals surface area (Å²) in [6, 6.07) is 6.89. The molecule has 1 unspecified atom stereocenters. The first kappa shape index (κ1) is 17.0. The van der Waals surface area contributed by atoms with Crippen LogP contribution in [0.4, 0.5) is 0 Å². The van der Waals surface area contributed by atoms with Crippen molar-refractivity contribution >= 4 is 29.5 Å². The van der Waals surface area contributed by atoms with Crippen LogP contribution in [-0.4, -0.2) is 35.2 Å². The molecule has 0 saturated carbocycles. The van der Waals surface area contributed by atoms with Crippen molar-refractivity contribution in [2.45, 2.75) is 18.2 Å². The van der Waals surface area contributed by atoms with Crippen molar-refractivity contribution in [3.8, 4) is 0 Å². The summed E-state index contributed by atoms with van der Waals surface area (Å²) in [4.78, 5) is 34.2. The molecule has 21 heavy (non-hydrogen) atoms. The van der Waals surface area contributed by atoms with E-state index in [4.69, 9.17) is 10.8 Å². The molecule has 1 atom stereocenters. The minimum Gasteiger partial charge on any atom is -0.481 e. The summed E-state index contributed by atoms with van der Waals surface area (Å²) in [5.41, 5.74) is 5.55. The number of amides is 2. The van der Waals surface area contributed by atoms with Crippen LogP contribution in [0.1, 0.15) is 23.7 Å². The van der Waals surface area contributed by atoms with Crippen molar-refractivity contribution in [2.24, 2.45) is 11.7 Å². The summed E-state index contributed by atoms with van der Waals surface area (Å²) in [6.45, 7) is 2.03. The number of hydrogen-bond acceptors (Lipinski definition) is 4. The molecule has 0 aliphatic rings. The number of carboxylic acids is 1. The molecule has 0 bridgehead atoms. The molecule has 0 aromatic heterocycles. The lowest BCUT2D eigenvalue weighted by molar-refractivity contribution is -0.137. The number of hydrogen-bond donors (Lipinski definition) is 3. The highest BCUT2D eigenvalue weighted by molar-refractivity contribution is 8.00. The number of carbonyl (C=O) groups excluding carboxylic acids is 2. The lowest BCUT2D eigenvalue weighted by Crippen LogP contribution is -2.29. The van der Waals surface area contributed by atoms with Gasteiger partial charge in [-0.15, -0.1) is 11.8 Å². The van der Waals surface area contributed by atoms with Gasteiger partial charge in [-0.3, -0.25) is 14.4 Å². The molecule has 0 spiro atoms. The van der Waals surface area contributed by atoms with E-state index in [1.807, 2.05) is 0 Å². The van der Waals surface area contributed by atoms with E-state index in [0.717, 1.165) is 0 Å². The van der Waals surface area contributed by atoms with Crippen LogP contribution in [0.3, 0.4) is 0 Å². The molecular formula is C14H18N2O4S. The maximum Gasteiger partial charge on any atom is 0.303 e. The number of carboxylic acid groups (broad SMARTS) is 1. The summed E-state index contributed by atoms with van der Waals surface area (Å²) < 4.78 is 0. The van der Waals surface area contributed by atoms with Gasteiger partial charge in [0.1, 0.15) is 0 Å². The normalized spacial score (nSPS) is 11.7. The molecule has 4 N–H and O–H groups in total. The van der Waals surface area contributed by atoms with Gasteiger partial charge in [0.2, 0.25) is 5.91 Å². The van der Waals surface area contributed by atoms with Gasteiger partial charge in [0.05, 0.1) is 11.3 Å². The molecule has 0 radical (unpaired) electrons. The zero-order valence-corrected chi connectivity index (χ0v) is 12.5. The molecule has 7 heteroatoms. The molecule has 1 aromatic carbocycles. The first-order chi connectivity index (χ1) is 9.90. The molecule has 0 aliphatic carbocycles. The minimum atomic E-state index is -0.894. The van der Waals surface area contributed by atoms with Crippen LogP contribution in [0.15, 0.2) is 29.2 Å². The summed E-state index contributed by atoms with van der Waals surface area (Å²) in [5.74, 6) is -1.70. The first-order valence-corrected chi connectivity index (χ1v) is 7.38. The standard InChI is InChI=1S/C14H18N2O4S/c1-9(6-13(18)19)7-16-14(20)10-4-2-3-5-11(10)21-8-12(15)17/h2-5,9H,6-8H2,1H3,(H2,15,17)(H,16,20)(H,18,19). The third-order valence-corrected chi connectivity index (χ3v) is 3.73. The zero-order valence-electron chi connectivity index (χ0n) is 11.7. The number of rotatable bonds is 8. The lowest BCUT2D eigenvalue weighted by Gasteiger charge is -2.12. The largest absolute Gasteiger partial charge is 0.481 e. The fourth-order valence-corrected chi connectivity index (χ4v) is 2.45. The Bertz CT molecular complexity index is 533. The van der Waals surface area contributed by atoms with Crippen molar-refractivity contribution in [2.75, 3.05) is 12.3 Å². The molecule has 0 saturated heterocycles. The average molecular weight is 310 g/mol. The number of primary amides is 1. The average Bonchev–Trinajstić information content (AvgIpc) is 2.42. The Morgan fingerprint density at radius 2 is 2.00 bits per heavy atom. The van der Waals surface area contributed by atoms with Crippen LogP contribution >= 0.6 is 11.8 Å². The van der Waals surface area contributed by atoms with Crippen LogP contribution in [0.5, 0.6) is 0 Å². The van der Waals surface area contributed by atoms with Crippen molar-refractivity contribution in [3.05, 3.63) is 29.8 Å². The van der Waals surface area contributed by atoms with Crippen LogP contribution in [0.2, 0.25) is 0 Å². The first-order valence-electron chi connectivity index (χ1n) is 6.40. The van der Waals surface area contributed by atoms with E-state index in [0.29, 0.717) is 10.5 Å². The van der Waals surface area contributed by atoms with Gasteiger partial charge >= 0.3 is 5.97 Å². The quantitative estimate of drug-likeness (QED) is 0.623. The van der Waals surface area contributed by atoms with Crippen molar-refractivity contribution < 1.29 is 19.5 Å². The Kier molecular flexibility index (Phi) is 6.74. The number of nitrogens with one attached hydrogen (secondary N) is 1. The second kappa shape index (κ2) is 8.31. The monoisotopic (exact) mass is 310 g/mol. The molecule has 6 nitrogen and oxygen atoms in total. The van der Waals surface area contributed by atoms with Gasteiger partial charge in [-0.25, -0.2) is 0 Å². The van der Waals surface area contributed by atoms with Crippen LogP contribution < -0.4 is 11.1 Å². The Balaban J connectivity index is 2.65. The fourth-order valence-electron chi connectivity index (χ4n) is 1.66. The van der Waals surface area contributed by atoms with Gasteiger partial charge in [0.25, 0.3) is 5.91 Å². The highest BCUT2D eigenvalue weighted by atomic mass is 32.2. The Morgan fingerprint density at radius 1 is 1.33 bits per heavy atom. The number of carbonyl (C=O) groups is 3. The second-order valence-corrected chi connectivity index (χ2v) is 5.68. The number of aliphatic carboxylic acids is 1. The van der Waals surface area contributed by atoms with Crippen LogP contribution in [-0.2, 0) is 9.59 Å². The van der Waals surface area contributed by atoms with E-state index >= 15 is 0 Å². The number of nitrogens with two attached hydrogens (primary N) is 1. The summed E-state index contributed by atoms with van der Waals surface area (Å²) >= 11 is 1.20. The number of thioether (sulfide) groups is 1. The van der Waals surface area contributed by atoms with E-state index < -0.39 is 11.9 Å². The third-order valence-electron chi connectivity index (χ3n) is 2.64. The van der Waals surface area contributed by atoms with Crippen molar-refractivity contribution in [1.82, 2.24) is 5.32 Å². The molecule has 1 aromatic rings. The van der Waals surface area contributed by atoms with E-state index in [2.05, 4.69) is 5.32 Å². The maximum atomic E-state index is 12.1. The summed E-state index contributed by atoms with van der Waals surface area (Å²) in [5, 5.41) is 11.4. The van der Waals surface area contributed by atoms with Gasteiger partial charge in [-0.1, -0.05) is 19.1 Å². The summed E-state index contributed by atoms with van der Waals surface area (Å²) in [6.07, 6.45) is -0.00163. The van der Waals surface area contributed by atoms with E-state index in [-0.39, 0.29) is 30.5 Å². The molecule has 2 amide bonds. The Morgan fingerprint density at radius 3 is 2.62 bits per heavy atom. The SMILES string of the molecule is CC(CNC(=O)c1ccccc1SCC(N)=O)CC(=O)O. The highest BCUT2D eigenvalue weighted by Crippen LogP contribution is 2.22. The molecule has 1 rings (SSSR count). The van der Waals surface area contributed by atoms with E-state index in [1.54, 1.807) is 31.2 Å². The molecule has 0 aliphatic heterocycles. The predicted octanol–water partition coefficient (Wildman–Crippen LogP) is 1.10. The molecule has 0 heterocycles. The third kappa shape index (κ3) is 6.31. The minimum absolute atomic E-state index is 0.00163. The maximum absolute atomic E-state index is 12.1. The molecular weight excluding hydrogens is 292 g/mol. The van der Waals surface area contributed by atoms with Gasteiger partial charge in [-0.2, -0.15) is 0 Å². The van der Waals surface area contributed by atoms with Crippen LogP contribution in [0.25, 0.3) is 0 Å². The predicted molar refractivity (Wildman–Crippen MR) is 80.1 cm³/mol. The van der Waals surface area contributed by atoms with E-state index in [9.17, 15) is 14.4 Å². The fraction of sp³-hybridized carbons (Fsp3) is 0.357. The van der Waals surface area contributed by atoms with Gasteiger partial charge < -0.3 is 16.2 Å². The Labute approximate surface area is 127 Å². The summed E-state index contributed by atoms with van der Waals surface area (Å²) in [7, 11) is 0. The van der Waals surface area contributed by atoms with Gasteiger partial charge in [0.15, 0.2) is 0 Å². The van der Waals surface area contributed by atoms with Crippen molar-refractivity contribution in [3.63, 3.8) is 0 Å². The smallest absolute Gasteiger partial charge is 0.303 e. The molecule has 0 fully saturated rings. The van der Waals surface area contributed by atoms with Gasteiger partial charge in [-0.05, 0) is 18.1 Å².